The number of aliphatic hydroxyl groups is 1. The third-order valence-corrected chi connectivity index (χ3v) is 4.32. The van der Waals surface area contributed by atoms with Crippen LogP contribution in [-0.2, 0) is 13.1 Å². The molecule has 0 atom stereocenters. The van der Waals surface area contributed by atoms with Crippen LogP contribution in [0.25, 0.3) is 0 Å². The molecule has 3 N–H and O–H groups in total. The second-order valence-corrected chi connectivity index (χ2v) is 6.25. The van der Waals surface area contributed by atoms with Gasteiger partial charge in [0.2, 0.25) is 0 Å². The second-order valence-electron chi connectivity index (χ2n) is 6.25. The number of carbonyl (C=O) groups is 1. The molecule has 1 aromatic heterocycles. The van der Waals surface area contributed by atoms with Crippen molar-refractivity contribution in [1.82, 2.24) is 20.2 Å². The maximum Gasteiger partial charge on any atom is 0.315 e. The first-order chi connectivity index (χ1) is 11.2. The molecular formula is C17H22N4O2. The van der Waals surface area contributed by atoms with Gasteiger partial charge in [-0.05, 0) is 24.0 Å². The summed E-state index contributed by atoms with van der Waals surface area (Å²) in [6.45, 7) is 1.96. The van der Waals surface area contributed by atoms with Gasteiger partial charge >= 0.3 is 6.03 Å². The number of aliphatic hydroxyl groups excluding tert-OH is 1. The van der Waals surface area contributed by atoms with E-state index >= 15 is 0 Å². The highest BCUT2D eigenvalue weighted by molar-refractivity contribution is 5.73. The number of nitrogens with zero attached hydrogens (tertiary/aromatic N) is 2. The normalized spacial score (nSPS) is 15.2. The van der Waals surface area contributed by atoms with Gasteiger partial charge in [-0.25, -0.2) is 9.78 Å². The van der Waals surface area contributed by atoms with Crippen LogP contribution in [0.15, 0.2) is 43.0 Å². The Balaban J connectivity index is 1.42. The van der Waals surface area contributed by atoms with Crippen molar-refractivity contribution in [2.45, 2.75) is 25.9 Å². The molecule has 0 bridgehead atoms. The second kappa shape index (κ2) is 6.83. The number of carbonyl (C=O) groups excluding carboxylic acids is 1. The van der Waals surface area contributed by atoms with E-state index in [2.05, 4.69) is 27.8 Å². The van der Waals surface area contributed by atoms with Crippen LogP contribution in [0.3, 0.4) is 0 Å². The molecule has 23 heavy (non-hydrogen) atoms. The average molecular weight is 314 g/mol. The van der Waals surface area contributed by atoms with E-state index in [0.717, 1.165) is 24.9 Å². The van der Waals surface area contributed by atoms with E-state index in [1.165, 1.54) is 5.56 Å². The minimum absolute atomic E-state index is 0.0632. The molecule has 2 aromatic rings. The number of hydrogen-bond donors (Lipinski definition) is 3. The van der Waals surface area contributed by atoms with Gasteiger partial charge < -0.3 is 20.3 Å². The van der Waals surface area contributed by atoms with Gasteiger partial charge in [-0.1, -0.05) is 24.3 Å². The largest absolute Gasteiger partial charge is 0.396 e. The fourth-order valence-corrected chi connectivity index (χ4v) is 2.43. The zero-order valence-corrected chi connectivity index (χ0v) is 13.0. The standard InChI is InChI=1S/C17H22N4O2/c22-12-17(5-6-17)11-20-16(23)19-9-14-1-3-15(4-2-14)10-21-8-7-18-13-21/h1-4,7-8,13,22H,5-6,9-12H2,(H2,19,20,23). The summed E-state index contributed by atoms with van der Waals surface area (Å²) in [7, 11) is 0. The number of aromatic nitrogens is 2. The molecule has 1 saturated carbocycles. The molecule has 0 saturated heterocycles. The Morgan fingerprint density at radius 1 is 1.22 bits per heavy atom. The molecule has 0 unspecified atom stereocenters. The maximum atomic E-state index is 11.8. The minimum Gasteiger partial charge on any atom is -0.396 e. The van der Waals surface area contributed by atoms with Crippen LogP contribution in [0.1, 0.15) is 24.0 Å². The van der Waals surface area contributed by atoms with Gasteiger partial charge in [0.05, 0.1) is 12.9 Å². The molecular weight excluding hydrogens is 292 g/mol. The summed E-state index contributed by atoms with van der Waals surface area (Å²) in [6.07, 6.45) is 7.46. The van der Waals surface area contributed by atoms with Gasteiger partial charge in [0.1, 0.15) is 0 Å². The zero-order valence-electron chi connectivity index (χ0n) is 13.0. The van der Waals surface area contributed by atoms with Crippen LogP contribution in [0.4, 0.5) is 4.79 Å². The van der Waals surface area contributed by atoms with Crippen molar-refractivity contribution in [1.29, 1.82) is 0 Å². The lowest BCUT2D eigenvalue weighted by atomic mass is 10.1. The summed E-state index contributed by atoms with van der Waals surface area (Å²) >= 11 is 0. The van der Waals surface area contributed by atoms with Gasteiger partial charge in [0.15, 0.2) is 0 Å². The van der Waals surface area contributed by atoms with Gasteiger partial charge in [-0.15, -0.1) is 0 Å². The monoisotopic (exact) mass is 314 g/mol. The molecule has 0 aliphatic heterocycles. The Labute approximate surface area is 135 Å². The lowest BCUT2D eigenvalue weighted by Gasteiger charge is -2.13. The first-order valence-corrected chi connectivity index (χ1v) is 7.85. The van der Waals surface area contributed by atoms with Crippen molar-refractivity contribution in [2.24, 2.45) is 5.41 Å². The smallest absolute Gasteiger partial charge is 0.315 e. The Bertz CT molecular complexity index is 633. The first kappa shape index (κ1) is 15.6. The Morgan fingerprint density at radius 3 is 2.57 bits per heavy atom. The van der Waals surface area contributed by atoms with Gasteiger partial charge in [-0.2, -0.15) is 0 Å². The molecule has 0 spiro atoms. The van der Waals surface area contributed by atoms with E-state index in [9.17, 15) is 9.90 Å². The van der Waals surface area contributed by atoms with E-state index in [0.29, 0.717) is 13.1 Å². The molecule has 1 aliphatic rings. The minimum atomic E-state index is -0.188. The predicted octanol–water partition coefficient (Wildman–Crippen LogP) is 1.50. The summed E-state index contributed by atoms with van der Waals surface area (Å²) in [6, 6.07) is 7.96. The van der Waals surface area contributed by atoms with E-state index in [4.69, 9.17) is 0 Å². The van der Waals surface area contributed by atoms with Gasteiger partial charge in [0.25, 0.3) is 0 Å². The topological polar surface area (TPSA) is 79.2 Å². The summed E-state index contributed by atoms with van der Waals surface area (Å²) in [5, 5.41) is 14.9. The number of hydrogen-bond acceptors (Lipinski definition) is 3. The molecule has 122 valence electrons. The maximum absolute atomic E-state index is 11.8. The van der Waals surface area contributed by atoms with Crippen LogP contribution in [0, 0.1) is 5.41 Å². The molecule has 1 fully saturated rings. The third-order valence-electron chi connectivity index (χ3n) is 4.32. The average Bonchev–Trinajstić information content (AvgIpc) is 3.19. The van der Waals surface area contributed by atoms with Crippen molar-refractivity contribution in [2.75, 3.05) is 13.2 Å². The SMILES string of the molecule is O=C(NCc1ccc(Cn2ccnc2)cc1)NCC1(CO)CC1. The van der Waals surface area contributed by atoms with E-state index in [1.807, 2.05) is 22.9 Å². The fourth-order valence-electron chi connectivity index (χ4n) is 2.43. The zero-order chi connectivity index (χ0) is 16.1. The van der Waals surface area contributed by atoms with Crippen molar-refractivity contribution in [3.8, 4) is 0 Å². The van der Waals surface area contributed by atoms with Crippen LogP contribution < -0.4 is 10.6 Å². The van der Waals surface area contributed by atoms with Crippen molar-refractivity contribution >= 4 is 6.03 Å². The van der Waals surface area contributed by atoms with E-state index in [-0.39, 0.29) is 18.1 Å². The van der Waals surface area contributed by atoms with Crippen molar-refractivity contribution in [3.63, 3.8) is 0 Å². The highest BCUT2D eigenvalue weighted by atomic mass is 16.3. The van der Waals surface area contributed by atoms with E-state index < -0.39 is 0 Å². The summed E-state index contributed by atoms with van der Waals surface area (Å²) in [4.78, 5) is 15.8. The number of nitrogens with one attached hydrogen (secondary N) is 2. The van der Waals surface area contributed by atoms with Gasteiger partial charge in [0, 0.05) is 37.4 Å². The lowest BCUT2D eigenvalue weighted by Crippen LogP contribution is -2.39. The third kappa shape index (κ3) is 4.32. The van der Waals surface area contributed by atoms with Gasteiger partial charge in [-0.3, -0.25) is 0 Å². The van der Waals surface area contributed by atoms with Crippen molar-refractivity contribution in [3.05, 3.63) is 54.1 Å². The number of urea groups is 1. The summed E-state index contributed by atoms with van der Waals surface area (Å²) < 4.78 is 2.01. The fraction of sp³-hybridized carbons (Fsp3) is 0.412. The molecule has 1 heterocycles. The summed E-state index contributed by atoms with van der Waals surface area (Å²) in [5.41, 5.74) is 2.18. The summed E-state index contributed by atoms with van der Waals surface area (Å²) in [5.74, 6) is 0. The predicted molar refractivity (Wildman–Crippen MR) is 86.8 cm³/mol. The highest BCUT2D eigenvalue weighted by Gasteiger charge is 2.42. The molecule has 6 heteroatoms. The molecule has 1 aliphatic carbocycles. The van der Waals surface area contributed by atoms with Crippen LogP contribution in [0.2, 0.25) is 0 Å². The number of amides is 2. The Hall–Kier alpha value is -2.34. The molecule has 3 rings (SSSR count). The molecule has 6 nitrogen and oxygen atoms in total. The lowest BCUT2D eigenvalue weighted by molar-refractivity contribution is 0.203. The first-order valence-electron chi connectivity index (χ1n) is 7.85. The number of benzene rings is 1. The molecule has 2 amide bonds. The Kier molecular flexibility index (Phi) is 4.62. The van der Waals surface area contributed by atoms with Crippen LogP contribution in [-0.4, -0.2) is 33.8 Å². The number of rotatable bonds is 7. The van der Waals surface area contributed by atoms with Crippen LogP contribution in [0.5, 0.6) is 0 Å². The molecule has 1 aromatic carbocycles. The van der Waals surface area contributed by atoms with E-state index in [1.54, 1.807) is 12.5 Å². The van der Waals surface area contributed by atoms with Crippen LogP contribution >= 0.6 is 0 Å². The highest BCUT2D eigenvalue weighted by Crippen LogP contribution is 2.44. The number of imidazole rings is 1. The quantitative estimate of drug-likeness (QED) is 0.725. The van der Waals surface area contributed by atoms with Crippen molar-refractivity contribution < 1.29 is 9.90 Å². The Morgan fingerprint density at radius 2 is 1.96 bits per heavy atom. The molecule has 0 radical (unpaired) electrons.